The molecular weight excluding hydrogens is 417 g/mol. The van der Waals surface area contributed by atoms with Gasteiger partial charge in [-0.2, -0.15) is 5.26 Å². The van der Waals surface area contributed by atoms with Crippen LogP contribution in [-0.2, 0) is 9.59 Å². The number of amides is 2. The summed E-state index contributed by atoms with van der Waals surface area (Å²) in [5.41, 5.74) is 0.615. The number of likely N-dealkylation sites (tertiary alicyclic amines) is 1. The quantitative estimate of drug-likeness (QED) is 0.701. The molecule has 1 aliphatic heterocycles. The highest BCUT2D eigenvalue weighted by atomic mass is 32.1. The number of nitrogens with zero attached hydrogens (tertiary/aromatic N) is 3. The minimum Gasteiger partial charge on any atom is -0.323 e. The number of nitrogens with one attached hydrogen (secondary N) is 2. The molecule has 1 aromatic heterocycles. The Labute approximate surface area is 185 Å². The highest BCUT2D eigenvalue weighted by Crippen LogP contribution is 2.53. The van der Waals surface area contributed by atoms with Gasteiger partial charge >= 0.3 is 0 Å². The molecule has 0 radical (unpaired) electrons. The SMILES string of the molecule is N#C[C@@H]1C[C@H](F)CN1C(=O)CNC12CCC(C(=O)Nc3nc(C4CC4)cs3)(CC1)CC2. The summed E-state index contributed by atoms with van der Waals surface area (Å²) in [6.07, 6.45) is 6.27. The lowest BCUT2D eigenvalue weighted by molar-refractivity contribution is -0.135. The number of anilines is 1. The highest BCUT2D eigenvalue weighted by molar-refractivity contribution is 7.13. The van der Waals surface area contributed by atoms with Crippen molar-refractivity contribution in [1.29, 1.82) is 5.26 Å². The van der Waals surface area contributed by atoms with Crippen LogP contribution < -0.4 is 10.6 Å². The summed E-state index contributed by atoms with van der Waals surface area (Å²) in [6.45, 7) is 0.126. The zero-order chi connectivity index (χ0) is 21.6. The van der Waals surface area contributed by atoms with E-state index >= 15 is 0 Å². The molecule has 0 unspecified atom stereocenters. The third-order valence-corrected chi connectivity index (χ3v) is 8.58. The topological polar surface area (TPSA) is 98.1 Å². The van der Waals surface area contributed by atoms with Crippen molar-refractivity contribution >= 4 is 28.3 Å². The average molecular weight is 446 g/mol. The van der Waals surface area contributed by atoms with E-state index in [1.165, 1.54) is 29.1 Å². The van der Waals surface area contributed by atoms with Crippen molar-refractivity contribution in [2.24, 2.45) is 5.41 Å². The van der Waals surface area contributed by atoms with Gasteiger partial charge in [-0.1, -0.05) is 0 Å². The maximum absolute atomic E-state index is 13.6. The summed E-state index contributed by atoms with van der Waals surface area (Å²) in [4.78, 5) is 31.6. The van der Waals surface area contributed by atoms with Crippen LogP contribution in [-0.4, -0.2) is 52.5 Å². The number of hydrogen-bond acceptors (Lipinski definition) is 6. The number of fused-ring (bicyclic) bond motifs is 3. The number of hydrogen-bond donors (Lipinski definition) is 2. The van der Waals surface area contributed by atoms with Gasteiger partial charge in [-0.3, -0.25) is 9.59 Å². The van der Waals surface area contributed by atoms with Crippen LogP contribution in [0.3, 0.4) is 0 Å². The highest BCUT2D eigenvalue weighted by Gasteiger charge is 2.52. The van der Waals surface area contributed by atoms with Gasteiger partial charge in [-0.25, -0.2) is 9.37 Å². The fourth-order valence-corrected chi connectivity index (χ4v) is 6.27. The molecule has 1 saturated heterocycles. The Hall–Kier alpha value is -2.05. The molecule has 4 aliphatic carbocycles. The van der Waals surface area contributed by atoms with Gasteiger partial charge in [-0.15, -0.1) is 11.3 Å². The molecule has 5 aliphatic rings. The summed E-state index contributed by atoms with van der Waals surface area (Å²) in [5.74, 6) is 0.451. The molecule has 9 heteroatoms. The molecule has 2 amide bonds. The molecule has 166 valence electrons. The second-order valence-corrected chi connectivity index (χ2v) is 10.6. The van der Waals surface area contributed by atoms with E-state index in [4.69, 9.17) is 5.26 Å². The molecule has 0 aromatic carbocycles. The number of rotatable bonds is 6. The number of thiazole rings is 1. The van der Waals surface area contributed by atoms with Crippen LogP contribution in [0.4, 0.5) is 9.52 Å². The standard InChI is InChI=1S/C22H28FN5O2S/c23-15-9-16(10-24)28(12-15)18(29)11-25-22-6-3-21(4-7-22,5-8-22)19(30)27-20-26-17(13-31-20)14-1-2-14/h13-16,25H,1-9,11-12H2,(H,26,27,30)/t15-,16-,21?,22?/m0/s1. The predicted molar refractivity (Wildman–Crippen MR) is 114 cm³/mol. The van der Waals surface area contributed by atoms with Crippen LogP contribution in [0, 0.1) is 16.7 Å². The second-order valence-electron chi connectivity index (χ2n) is 9.74. The van der Waals surface area contributed by atoms with Crippen molar-refractivity contribution in [3.63, 3.8) is 0 Å². The van der Waals surface area contributed by atoms with Crippen molar-refractivity contribution < 1.29 is 14.0 Å². The minimum atomic E-state index is -1.12. The van der Waals surface area contributed by atoms with Crippen molar-refractivity contribution in [3.8, 4) is 6.07 Å². The molecule has 6 rings (SSSR count). The molecule has 2 atom stereocenters. The number of nitriles is 1. The van der Waals surface area contributed by atoms with Gasteiger partial charge in [0.25, 0.3) is 0 Å². The van der Waals surface area contributed by atoms with Crippen molar-refractivity contribution in [2.75, 3.05) is 18.4 Å². The zero-order valence-corrected chi connectivity index (χ0v) is 18.3. The van der Waals surface area contributed by atoms with E-state index in [9.17, 15) is 14.0 Å². The van der Waals surface area contributed by atoms with E-state index in [2.05, 4.69) is 21.0 Å². The van der Waals surface area contributed by atoms with E-state index in [1.807, 2.05) is 6.07 Å². The van der Waals surface area contributed by atoms with E-state index < -0.39 is 12.2 Å². The number of carbonyl (C=O) groups is 2. The lowest BCUT2D eigenvalue weighted by atomic mass is 9.57. The molecule has 2 N–H and O–H groups in total. The Morgan fingerprint density at radius 3 is 2.61 bits per heavy atom. The fourth-order valence-electron chi connectivity index (χ4n) is 5.48. The lowest BCUT2D eigenvalue weighted by Crippen LogP contribution is -2.59. The van der Waals surface area contributed by atoms with Gasteiger partial charge < -0.3 is 15.5 Å². The maximum atomic E-state index is 13.6. The van der Waals surface area contributed by atoms with Crippen LogP contribution in [0.2, 0.25) is 0 Å². The summed E-state index contributed by atoms with van der Waals surface area (Å²) in [6, 6.07) is 1.37. The summed E-state index contributed by atoms with van der Waals surface area (Å²) in [7, 11) is 0. The van der Waals surface area contributed by atoms with Crippen molar-refractivity contribution in [1.82, 2.24) is 15.2 Å². The number of carbonyl (C=O) groups excluding carboxylic acids is 2. The van der Waals surface area contributed by atoms with Gasteiger partial charge in [0, 0.05) is 28.7 Å². The van der Waals surface area contributed by atoms with Gasteiger partial charge in [0.2, 0.25) is 11.8 Å². The molecule has 0 spiro atoms. The Kier molecular flexibility index (Phi) is 5.25. The van der Waals surface area contributed by atoms with Crippen LogP contribution in [0.1, 0.15) is 69.4 Å². The Balaban J connectivity index is 1.15. The largest absolute Gasteiger partial charge is 0.323 e. The maximum Gasteiger partial charge on any atom is 0.237 e. The Bertz CT molecular complexity index is 899. The normalized spacial score (nSPS) is 34.5. The fraction of sp³-hybridized carbons (Fsp3) is 0.727. The summed E-state index contributed by atoms with van der Waals surface area (Å²) >= 11 is 1.51. The van der Waals surface area contributed by atoms with Crippen LogP contribution in [0.5, 0.6) is 0 Å². The van der Waals surface area contributed by atoms with Crippen molar-refractivity contribution in [2.45, 2.75) is 81.5 Å². The average Bonchev–Trinajstić information content (AvgIpc) is 3.42. The third-order valence-electron chi connectivity index (χ3n) is 7.80. The van der Waals surface area contributed by atoms with E-state index in [-0.39, 0.29) is 42.3 Å². The van der Waals surface area contributed by atoms with Gasteiger partial charge in [-0.05, 0) is 51.4 Å². The first-order chi connectivity index (χ1) is 14.9. The predicted octanol–water partition coefficient (Wildman–Crippen LogP) is 3.10. The van der Waals surface area contributed by atoms with E-state index in [0.29, 0.717) is 11.0 Å². The second kappa shape index (κ2) is 7.82. The van der Waals surface area contributed by atoms with Gasteiger partial charge in [0.15, 0.2) is 5.13 Å². The summed E-state index contributed by atoms with van der Waals surface area (Å²) in [5, 5.41) is 18.4. The number of halogens is 1. The smallest absolute Gasteiger partial charge is 0.237 e. The van der Waals surface area contributed by atoms with Gasteiger partial charge in [0.1, 0.15) is 12.2 Å². The Morgan fingerprint density at radius 1 is 1.26 bits per heavy atom. The molecule has 31 heavy (non-hydrogen) atoms. The molecule has 2 bridgehead atoms. The van der Waals surface area contributed by atoms with E-state index in [0.717, 1.165) is 44.2 Å². The van der Waals surface area contributed by atoms with Crippen LogP contribution in [0.25, 0.3) is 0 Å². The molecule has 5 fully saturated rings. The van der Waals surface area contributed by atoms with Crippen LogP contribution in [0.15, 0.2) is 5.38 Å². The number of alkyl halides is 1. The van der Waals surface area contributed by atoms with E-state index in [1.54, 1.807) is 0 Å². The summed E-state index contributed by atoms with van der Waals surface area (Å²) < 4.78 is 13.6. The molecule has 1 aromatic rings. The monoisotopic (exact) mass is 445 g/mol. The minimum absolute atomic E-state index is 0.00817. The molecule has 7 nitrogen and oxygen atoms in total. The van der Waals surface area contributed by atoms with Crippen LogP contribution >= 0.6 is 11.3 Å². The molecule has 2 heterocycles. The Morgan fingerprint density at radius 2 is 1.97 bits per heavy atom. The zero-order valence-electron chi connectivity index (χ0n) is 17.5. The first-order valence-electron chi connectivity index (χ1n) is 11.3. The first kappa shape index (κ1) is 20.8. The van der Waals surface area contributed by atoms with Gasteiger partial charge in [0.05, 0.1) is 24.9 Å². The third kappa shape index (κ3) is 3.96. The number of aromatic nitrogens is 1. The first-order valence-corrected chi connectivity index (χ1v) is 12.2. The molecular formula is C22H28FN5O2S. The molecule has 4 saturated carbocycles. The van der Waals surface area contributed by atoms with Crippen molar-refractivity contribution in [3.05, 3.63) is 11.1 Å². The lowest BCUT2D eigenvalue weighted by Gasteiger charge is -2.52.